The minimum absolute atomic E-state index is 0.559. The average molecular weight is 268 g/mol. The molecule has 1 nitrogen and oxygen atoms in total. The van der Waals surface area contributed by atoms with Gasteiger partial charge in [0, 0.05) is 10.5 Å². The van der Waals surface area contributed by atoms with E-state index in [1.54, 1.807) is 0 Å². The Morgan fingerprint density at radius 3 is 2.87 bits per heavy atom. The molecule has 1 aromatic rings. The van der Waals surface area contributed by atoms with E-state index in [0.29, 0.717) is 6.04 Å². The first-order valence-corrected chi connectivity index (χ1v) is 6.55. The summed E-state index contributed by atoms with van der Waals surface area (Å²) in [6.45, 7) is 3.32. The van der Waals surface area contributed by atoms with Crippen molar-refractivity contribution in [2.24, 2.45) is 0 Å². The van der Waals surface area contributed by atoms with E-state index in [2.05, 4.69) is 46.4 Å². The molecule has 0 aliphatic carbocycles. The third kappa shape index (κ3) is 3.05. The standard InChI is InChI=1S/C13H18BrN/c1-10-7-11(9-12(14)8-10)13-5-3-2-4-6-15-13/h7-9,13,15H,2-6H2,1H3. The number of halogens is 1. The molecule has 1 aliphatic heterocycles. The van der Waals surface area contributed by atoms with Gasteiger partial charge in [-0.3, -0.25) is 0 Å². The molecular formula is C13H18BrN. The Labute approximate surface area is 100 Å². The number of nitrogens with one attached hydrogen (secondary N) is 1. The molecule has 1 unspecified atom stereocenters. The van der Waals surface area contributed by atoms with Crippen molar-refractivity contribution in [1.82, 2.24) is 5.32 Å². The molecule has 2 rings (SSSR count). The van der Waals surface area contributed by atoms with Crippen LogP contribution in [0.15, 0.2) is 22.7 Å². The third-order valence-electron chi connectivity index (χ3n) is 3.03. The highest BCUT2D eigenvalue weighted by atomic mass is 79.9. The predicted molar refractivity (Wildman–Crippen MR) is 68.1 cm³/mol. The van der Waals surface area contributed by atoms with E-state index in [0.717, 1.165) is 6.54 Å². The summed E-state index contributed by atoms with van der Waals surface area (Å²) in [5, 5.41) is 3.63. The van der Waals surface area contributed by atoms with Gasteiger partial charge in [-0.1, -0.05) is 34.8 Å². The van der Waals surface area contributed by atoms with Crippen molar-refractivity contribution in [2.45, 2.75) is 38.6 Å². The number of rotatable bonds is 1. The van der Waals surface area contributed by atoms with Crippen molar-refractivity contribution in [1.29, 1.82) is 0 Å². The molecule has 0 radical (unpaired) electrons. The van der Waals surface area contributed by atoms with Crippen molar-refractivity contribution in [3.05, 3.63) is 33.8 Å². The highest BCUT2D eigenvalue weighted by Gasteiger charge is 2.13. The fourth-order valence-corrected chi connectivity index (χ4v) is 2.90. The van der Waals surface area contributed by atoms with Crippen LogP contribution in [0.25, 0.3) is 0 Å². The zero-order valence-electron chi connectivity index (χ0n) is 9.22. The van der Waals surface area contributed by atoms with Crippen molar-refractivity contribution in [3.63, 3.8) is 0 Å². The smallest absolute Gasteiger partial charge is 0.0320 e. The molecule has 0 aromatic heterocycles. The zero-order valence-corrected chi connectivity index (χ0v) is 10.8. The van der Waals surface area contributed by atoms with Crippen molar-refractivity contribution < 1.29 is 0 Å². The topological polar surface area (TPSA) is 12.0 Å². The second kappa shape index (κ2) is 5.13. The number of hydrogen-bond acceptors (Lipinski definition) is 1. The molecule has 1 aromatic carbocycles. The summed E-state index contributed by atoms with van der Waals surface area (Å²) >= 11 is 3.57. The summed E-state index contributed by atoms with van der Waals surface area (Å²) in [4.78, 5) is 0. The van der Waals surface area contributed by atoms with E-state index in [1.165, 1.54) is 41.3 Å². The summed E-state index contributed by atoms with van der Waals surface area (Å²) in [5.74, 6) is 0. The van der Waals surface area contributed by atoms with E-state index in [4.69, 9.17) is 0 Å². The Morgan fingerprint density at radius 2 is 2.07 bits per heavy atom. The van der Waals surface area contributed by atoms with Gasteiger partial charge in [-0.15, -0.1) is 0 Å². The lowest BCUT2D eigenvalue weighted by Crippen LogP contribution is -2.20. The largest absolute Gasteiger partial charge is 0.310 e. The van der Waals surface area contributed by atoms with Gasteiger partial charge in [0.15, 0.2) is 0 Å². The molecular weight excluding hydrogens is 250 g/mol. The maximum atomic E-state index is 3.63. The third-order valence-corrected chi connectivity index (χ3v) is 3.48. The molecule has 0 amide bonds. The molecule has 15 heavy (non-hydrogen) atoms. The van der Waals surface area contributed by atoms with Gasteiger partial charge in [0.25, 0.3) is 0 Å². The first-order valence-electron chi connectivity index (χ1n) is 5.76. The van der Waals surface area contributed by atoms with Crippen molar-refractivity contribution in [3.8, 4) is 0 Å². The second-order valence-electron chi connectivity index (χ2n) is 4.42. The molecule has 1 aliphatic rings. The Hall–Kier alpha value is -0.340. The Kier molecular flexibility index (Phi) is 3.81. The highest BCUT2D eigenvalue weighted by molar-refractivity contribution is 9.10. The van der Waals surface area contributed by atoms with E-state index in [9.17, 15) is 0 Å². The second-order valence-corrected chi connectivity index (χ2v) is 5.33. The Balaban J connectivity index is 2.19. The summed E-state index contributed by atoms with van der Waals surface area (Å²) in [7, 11) is 0. The monoisotopic (exact) mass is 267 g/mol. The summed E-state index contributed by atoms with van der Waals surface area (Å²) in [6, 6.07) is 7.27. The summed E-state index contributed by atoms with van der Waals surface area (Å²) < 4.78 is 1.20. The van der Waals surface area contributed by atoms with Gasteiger partial charge >= 0.3 is 0 Å². The van der Waals surface area contributed by atoms with Crippen LogP contribution in [0.5, 0.6) is 0 Å². The van der Waals surface area contributed by atoms with Crippen LogP contribution < -0.4 is 5.32 Å². The lowest BCUT2D eigenvalue weighted by atomic mass is 10.0. The molecule has 1 saturated heterocycles. The minimum atomic E-state index is 0.559. The molecule has 1 fully saturated rings. The summed E-state index contributed by atoms with van der Waals surface area (Å²) in [5.41, 5.74) is 2.77. The van der Waals surface area contributed by atoms with Crippen LogP contribution in [-0.4, -0.2) is 6.54 Å². The maximum Gasteiger partial charge on any atom is 0.0320 e. The molecule has 1 atom stereocenters. The Morgan fingerprint density at radius 1 is 1.20 bits per heavy atom. The molecule has 1 N–H and O–H groups in total. The van der Waals surface area contributed by atoms with Crippen LogP contribution in [0.3, 0.4) is 0 Å². The van der Waals surface area contributed by atoms with Crippen LogP contribution in [-0.2, 0) is 0 Å². The number of hydrogen-bond donors (Lipinski definition) is 1. The zero-order chi connectivity index (χ0) is 10.7. The van der Waals surface area contributed by atoms with Gasteiger partial charge in [-0.05, 0) is 49.6 Å². The predicted octanol–water partition coefficient (Wildman–Crippen LogP) is 3.96. The van der Waals surface area contributed by atoms with Gasteiger partial charge in [0.1, 0.15) is 0 Å². The average Bonchev–Trinajstić information content (AvgIpc) is 2.43. The van der Waals surface area contributed by atoms with E-state index >= 15 is 0 Å². The van der Waals surface area contributed by atoms with Gasteiger partial charge in [0.2, 0.25) is 0 Å². The fraction of sp³-hybridized carbons (Fsp3) is 0.538. The van der Waals surface area contributed by atoms with Crippen LogP contribution in [0.4, 0.5) is 0 Å². The SMILES string of the molecule is Cc1cc(Br)cc(C2CCCCCN2)c1. The lowest BCUT2D eigenvalue weighted by molar-refractivity contribution is 0.534. The minimum Gasteiger partial charge on any atom is -0.310 e. The fourth-order valence-electron chi connectivity index (χ4n) is 2.28. The summed E-state index contributed by atoms with van der Waals surface area (Å²) in [6.07, 6.45) is 5.32. The van der Waals surface area contributed by atoms with Crippen LogP contribution in [0, 0.1) is 6.92 Å². The molecule has 0 saturated carbocycles. The molecule has 1 heterocycles. The van der Waals surface area contributed by atoms with Crippen LogP contribution in [0.2, 0.25) is 0 Å². The quantitative estimate of drug-likeness (QED) is 0.812. The molecule has 0 bridgehead atoms. The van der Waals surface area contributed by atoms with Gasteiger partial charge in [0.05, 0.1) is 0 Å². The highest BCUT2D eigenvalue weighted by Crippen LogP contribution is 2.26. The van der Waals surface area contributed by atoms with Crippen molar-refractivity contribution >= 4 is 15.9 Å². The molecule has 2 heteroatoms. The van der Waals surface area contributed by atoms with Crippen LogP contribution >= 0.6 is 15.9 Å². The van der Waals surface area contributed by atoms with Crippen molar-refractivity contribution in [2.75, 3.05) is 6.54 Å². The number of aryl methyl sites for hydroxylation is 1. The van der Waals surface area contributed by atoms with Gasteiger partial charge in [-0.2, -0.15) is 0 Å². The molecule has 82 valence electrons. The lowest BCUT2D eigenvalue weighted by Gasteiger charge is -2.17. The normalized spacial score (nSPS) is 22.4. The van der Waals surface area contributed by atoms with E-state index in [-0.39, 0.29) is 0 Å². The van der Waals surface area contributed by atoms with Crippen LogP contribution in [0.1, 0.15) is 42.9 Å². The van der Waals surface area contributed by atoms with Gasteiger partial charge < -0.3 is 5.32 Å². The first-order chi connectivity index (χ1) is 7.25. The molecule has 0 spiro atoms. The number of benzene rings is 1. The van der Waals surface area contributed by atoms with E-state index in [1.807, 2.05) is 0 Å². The first kappa shape index (κ1) is 11.2. The maximum absolute atomic E-state index is 3.63. The Bertz CT molecular complexity index is 307. The van der Waals surface area contributed by atoms with E-state index < -0.39 is 0 Å². The van der Waals surface area contributed by atoms with Gasteiger partial charge in [-0.25, -0.2) is 0 Å².